The Bertz CT molecular complexity index is 588. The molecule has 0 radical (unpaired) electrons. The van der Waals surface area contributed by atoms with Crippen LogP contribution < -0.4 is 5.73 Å². The number of amides is 2. The minimum atomic E-state index is -0.452. The molecule has 2 aliphatic rings. The van der Waals surface area contributed by atoms with Gasteiger partial charge in [-0.15, -0.1) is 10.2 Å². The number of fused-ring (bicyclic) bond motifs is 1. The molecule has 2 N–H and O–H groups in total. The Morgan fingerprint density at radius 2 is 1.96 bits per heavy atom. The van der Waals surface area contributed by atoms with Crippen molar-refractivity contribution < 1.29 is 9.59 Å². The SMILES string of the molecule is NC(=O)C1CCCCN1C(=O)CSc1nnc2n1CCCCC2. The molecule has 1 unspecified atom stereocenters. The summed E-state index contributed by atoms with van der Waals surface area (Å²) in [4.78, 5) is 25.6. The van der Waals surface area contributed by atoms with Gasteiger partial charge in [-0.25, -0.2) is 0 Å². The predicted octanol–water partition coefficient (Wildman–Crippen LogP) is 0.963. The molecular formula is C15H23N5O2S. The zero-order chi connectivity index (χ0) is 16.2. The van der Waals surface area contributed by atoms with Gasteiger partial charge in [0.25, 0.3) is 0 Å². The molecule has 2 amide bonds. The van der Waals surface area contributed by atoms with Crippen molar-refractivity contribution >= 4 is 23.6 Å². The smallest absolute Gasteiger partial charge is 0.240 e. The van der Waals surface area contributed by atoms with Crippen LogP contribution in [-0.2, 0) is 22.6 Å². The number of nitrogens with zero attached hydrogens (tertiary/aromatic N) is 4. The molecule has 0 bridgehead atoms. The third kappa shape index (κ3) is 3.68. The number of likely N-dealkylation sites (tertiary alicyclic amines) is 1. The van der Waals surface area contributed by atoms with Gasteiger partial charge in [0.05, 0.1) is 5.75 Å². The van der Waals surface area contributed by atoms with Crippen LogP contribution in [0.4, 0.5) is 0 Å². The van der Waals surface area contributed by atoms with E-state index in [-0.39, 0.29) is 11.7 Å². The summed E-state index contributed by atoms with van der Waals surface area (Å²) in [5, 5.41) is 9.28. The third-order valence-electron chi connectivity index (χ3n) is 4.55. The molecular weight excluding hydrogens is 314 g/mol. The number of piperidine rings is 1. The minimum Gasteiger partial charge on any atom is -0.368 e. The summed E-state index contributed by atoms with van der Waals surface area (Å²) >= 11 is 1.41. The first-order valence-electron chi connectivity index (χ1n) is 8.30. The number of hydrogen-bond donors (Lipinski definition) is 1. The third-order valence-corrected chi connectivity index (χ3v) is 5.50. The fraction of sp³-hybridized carbons (Fsp3) is 0.733. The van der Waals surface area contributed by atoms with E-state index in [1.807, 2.05) is 0 Å². The normalized spacial score (nSPS) is 21.6. The molecule has 0 aromatic carbocycles. The Hall–Kier alpha value is -1.57. The quantitative estimate of drug-likeness (QED) is 0.826. The van der Waals surface area contributed by atoms with Crippen molar-refractivity contribution in [1.29, 1.82) is 0 Å². The van der Waals surface area contributed by atoms with Crippen molar-refractivity contribution in [2.24, 2.45) is 5.73 Å². The van der Waals surface area contributed by atoms with Gasteiger partial charge >= 0.3 is 0 Å². The molecule has 3 rings (SSSR count). The second kappa shape index (κ2) is 7.33. The van der Waals surface area contributed by atoms with Crippen LogP contribution in [0.3, 0.4) is 0 Å². The zero-order valence-corrected chi connectivity index (χ0v) is 14.1. The first kappa shape index (κ1) is 16.3. The van der Waals surface area contributed by atoms with Crippen LogP contribution in [0.2, 0.25) is 0 Å². The van der Waals surface area contributed by atoms with Crippen LogP contribution in [0.5, 0.6) is 0 Å². The van der Waals surface area contributed by atoms with Gasteiger partial charge in [0.15, 0.2) is 5.16 Å². The lowest BCUT2D eigenvalue weighted by molar-refractivity contribution is -0.138. The van der Waals surface area contributed by atoms with Crippen molar-refractivity contribution in [3.8, 4) is 0 Å². The van der Waals surface area contributed by atoms with Gasteiger partial charge in [-0.2, -0.15) is 0 Å². The summed E-state index contributed by atoms with van der Waals surface area (Å²) in [6, 6.07) is -0.452. The van der Waals surface area contributed by atoms with Gasteiger partial charge in [-0.05, 0) is 32.1 Å². The molecule has 0 aliphatic carbocycles. The molecule has 1 fully saturated rings. The van der Waals surface area contributed by atoms with E-state index in [9.17, 15) is 9.59 Å². The van der Waals surface area contributed by atoms with E-state index in [1.54, 1.807) is 4.90 Å². The minimum absolute atomic E-state index is 0.0375. The largest absolute Gasteiger partial charge is 0.368 e. The highest BCUT2D eigenvalue weighted by Crippen LogP contribution is 2.23. The van der Waals surface area contributed by atoms with E-state index >= 15 is 0 Å². The monoisotopic (exact) mass is 337 g/mol. The lowest BCUT2D eigenvalue weighted by atomic mass is 10.0. The van der Waals surface area contributed by atoms with Gasteiger partial charge in [-0.1, -0.05) is 18.2 Å². The van der Waals surface area contributed by atoms with Crippen LogP contribution in [0.15, 0.2) is 5.16 Å². The predicted molar refractivity (Wildman–Crippen MR) is 86.8 cm³/mol. The molecule has 0 spiro atoms. The Morgan fingerprint density at radius 3 is 2.78 bits per heavy atom. The number of thioether (sulfide) groups is 1. The van der Waals surface area contributed by atoms with E-state index in [2.05, 4.69) is 14.8 Å². The van der Waals surface area contributed by atoms with Gasteiger partial charge in [0.2, 0.25) is 11.8 Å². The number of aromatic nitrogens is 3. The fourth-order valence-electron chi connectivity index (χ4n) is 3.30. The van der Waals surface area contributed by atoms with E-state index in [4.69, 9.17) is 5.73 Å². The topological polar surface area (TPSA) is 94.1 Å². The summed E-state index contributed by atoms with van der Waals surface area (Å²) in [7, 11) is 0. The number of carbonyl (C=O) groups excluding carboxylic acids is 2. The molecule has 23 heavy (non-hydrogen) atoms. The number of carbonyl (C=O) groups is 2. The standard InChI is InChI=1S/C15H23N5O2S/c16-14(22)11-6-3-5-8-19(11)13(21)10-23-15-18-17-12-7-2-1-4-9-20(12)15/h11H,1-10H2,(H2,16,22). The zero-order valence-electron chi connectivity index (χ0n) is 13.2. The van der Waals surface area contributed by atoms with Crippen molar-refractivity contribution in [1.82, 2.24) is 19.7 Å². The first-order chi connectivity index (χ1) is 11.2. The number of rotatable bonds is 4. The fourth-order valence-corrected chi connectivity index (χ4v) is 4.17. The van der Waals surface area contributed by atoms with Gasteiger partial charge in [0.1, 0.15) is 11.9 Å². The maximum absolute atomic E-state index is 12.5. The molecule has 2 aliphatic heterocycles. The highest BCUT2D eigenvalue weighted by molar-refractivity contribution is 7.99. The number of primary amides is 1. The van der Waals surface area contributed by atoms with Crippen molar-refractivity contribution in [2.75, 3.05) is 12.3 Å². The Morgan fingerprint density at radius 1 is 1.13 bits per heavy atom. The summed E-state index contributed by atoms with van der Waals surface area (Å²) in [5.74, 6) is 0.858. The second-order valence-corrected chi connectivity index (χ2v) is 7.09. The van der Waals surface area contributed by atoms with Gasteiger partial charge in [0, 0.05) is 19.5 Å². The molecule has 1 aromatic rings. The molecule has 0 saturated carbocycles. The Balaban J connectivity index is 1.62. The highest BCUT2D eigenvalue weighted by atomic mass is 32.2. The molecule has 1 saturated heterocycles. The van der Waals surface area contributed by atoms with E-state index in [0.29, 0.717) is 13.0 Å². The molecule has 3 heterocycles. The average molecular weight is 337 g/mol. The summed E-state index contributed by atoms with van der Waals surface area (Å²) in [6.45, 7) is 1.54. The van der Waals surface area contributed by atoms with Gasteiger partial charge < -0.3 is 15.2 Å². The van der Waals surface area contributed by atoms with E-state index in [0.717, 1.165) is 49.6 Å². The van der Waals surface area contributed by atoms with Crippen LogP contribution in [0.25, 0.3) is 0 Å². The molecule has 1 aromatic heterocycles. The molecule has 7 nitrogen and oxygen atoms in total. The number of aryl methyl sites for hydroxylation is 1. The van der Waals surface area contributed by atoms with E-state index < -0.39 is 11.9 Å². The maximum Gasteiger partial charge on any atom is 0.240 e. The van der Waals surface area contributed by atoms with Crippen LogP contribution in [0.1, 0.15) is 44.3 Å². The van der Waals surface area contributed by atoms with Crippen molar-refractivity contribution in [2.45, 2.75) is 62.7 Å². The Kier molecular flexibility index (Phi) is 5.20. The van der Waals surface area contributed by atoms with Crippen molar-refractivity contribution in [3.05, 3.63) is 5.82 Å². The molecule has 1 atom stereocenters. The lowest BCUT2D eigenvalue weighted by Gasteiger charge is -2.33. The molecule has 126 valence electrons. The Labute approximate surface area is 140 Å². The number of nitrogens with two attached hydrogens (primary N) is 1. The van der Waals surface area contributed by atoms with Gasteiger partial charge in [-0.3, -0.25) is 9.59 Å². The maximum atomic E-state index is 12.5. The lowest BCUT2D eigenvalue weighted by Crippen LogP contribution is -2.51. The second-order valence-electron chi connectivity index (χ2n) is 6.15. The van der Waals surface area contributed by atoms with Crippen LogP contribution in [0, 0.1) is 0 Å². The average Bonchev–Trinajstić information content (AvgIpc) is 2.79. The summed E-state index contributed by atoms with van der Waals surface area (Å²) in [6.07, 6.45) is 6.99. The highest BCUT2D eigenvalue weighted by Gasteiger charge is 2.30. The van der Waals surface area contributed by atoms with Crippen LogP contribution >= 0.6 is 11.8 Å². The summed E-state index contributed by atoms with van der Waals surface area (Å²) in [5.41, 5.74) is 5.43. The van der Waals surface area contributed by atoms with Crippen LogP contribution in [-0.4, -0.2) is 49.8 Å². The van der Waals surface area contributed by atoms with E-state index in [1.165, 1.54) is 18.2 Å². The number of hydrogen-bond acceptors (Lipinski definition) is 5. The molecule has 8 heteroatoms. The first-order valence-corrected chi connectivity index (χ1v) is 9.29. The summed E-state index contributed by atoms with van der Waals surface area (Å²) < 4.78 is 2.13. The van der Waals surface area contributed by atoms with Crippen molar-refractivity contribution in [3.63, 3.8) is 0 Å².